The second kappa shape index (κ2) is 6.12. The van der Waals surface area contributed by atoms with Crippen molar-refractivity contribution in [1.29, 1.82) is 0 Å². The first-order valence-corrected chi connectivity index (χ1v) is 6.38. The number of aromatic nitrogens is 1. The minimum Gasteiger partial charge on any atom is -0.330 e. The first kappa shape index (κ1) is 14.1. The Morgan fingerprint density at radius 2 is 2.24 bits per heavy atom. The highest BCUT2D eigenvalue weighted by Crippen LogP contribution is 2.18. The summed E-state index contributed by atoms with van der Waals surface area (Å²) in [5.74, 6) is 0.563. The molecule has 0 saturated heterocycles. The van der Waals surface area contributed by atoms with E-state index in [1.54, 1.807) is 6.20 Å². The maximum Gasteiger partial charge on any atom is 0.230 e. The fourth-order valence-electron chi connectivity index (χ4n) is 1.56. The number of carbonyl (C=O) groups excluding carboxylic acids is 1. The summed E-state index contributed by atoms with van der Waals surface area (Å²) in [6.07, 6.45) is 1.66. The lowest BCUT2D eigenvalue weighted by Gasteiger charge is -2.18. The van der Waals surface area contributed by atoms with Crippen molar-refractivity contribution in [2.24, 2.45) is 17.6 Å². The maximum atomic E-state index is 12.0. The van der Waals surface area contributed by atoms with Gasteiger partial charge in [0.1, 0.15) is 5.82 Å². The van der Waals surface area contributed by atoms with Crippen LogP contribution in [0.1, 0.15) is 19.4 Å². The fraction of sp³-hybridized carbons (Fsp3) is 0.500. The van der Waals surface area contributed by atoms with E-state index in [2.05, 4.69) is 26.2 Å². The molecule has 1 aromatic heterocycles. The van der Waals surface area contributed by atoms with E-state index in [0.29, 0.717) is 12.4 Å². The Bertz CT molecular complexity index is 407. The zero-order chi connectivity index (χ0) is 13.0. The van der Waals surface area contributed by atoms with Gasteiger partial charge >= 0.3 is 0 Å². The van der Waals surface area contributed by atoms with Crippen LogP contribution >= 0.6 is 15.9 Å². The van der Waals surface area contributed by atoms with Gasteiger partial charge in [0.05, 0.1) is 5.92 Å². The molecule has 3 N–H and O–H groups in total. The van der Waals surface area contributed by atoms with E-state index in [0.717, 1.165) is 10.0 Å². The normalized spacial score (nSPS) is 12.6. The monoisotopic (exact) mass is 299 g/mol. The second-order valence-electron chi connectivity index (χ2n) is 4.39. The number of nitrogens with one attached hydrogen (secondary N) is 1. The average Bonchev–Trinajstić information content (AvgIpc) is 2.22. The number of rotatable bonds is 4. The Morgan fingerprint density at radius 1 is 1.59 bits per heavy atom. The van der Waals surface area contributed by atoms with E-state index < -0.39 is 0 Å². The van der Waals surface area contributed by atoms with Crippen molar-refractivity contribution in [3.8, 4) is 0 Å². The van der Waals surface area contributed by atoms with Gasteiger partial charge in [-0.2, -0.15) is 0 Å². The standard InChI is InChI=1S/C12H18BrN3O/c1-7(2)10(5-14)12(17)16-11-8(3)4-9(13)6-15-11/h4,6-7,10H,5,14H2,1-3H3,(H,15,16,17). The van der Waals surface area contributed by atoms with Crippen LogP contribution in [0.25, 0.3) is 0 Å². The molecule has 0 aliphatic carbocycles. The molecular formula is C12H18BrN3O. The van der Waals surface area contributed by atoms with Crippen molar-refractivity contribution < 1.29 is 4.79 Å². The highest BCUT2D eigenvalue weighted by molar-refractivity contribution is 9.10. The van der Waals surface area contributed by atoms with Gasteiger partial charge in [-0.25, -0.2) is 4.98 Å². The summed E-state index contributed by atoms with van der Waals surface area (Å²) in [7, 11) is 0. The number of nitrogens with two attached hydrogens (primary N) is 1. The summed E-state index contributed by atoms with van der Waals surface area (Å²) in [4.78, 5) is 16.2. The molecule has 94 valence electrons. The zero-order valence-electron chi connectivity index (χ0n) is 10.3. The van der Waals surface area contributed by atoms with Crippen LogP contribution in [0.15, 0.2) is 16.7 Å². The number of nitrogens with zero attached hydrogens (tertiary/aromatic N) is 1. The number of anilines is 1. The molecule has 0 fully saturated rings. The zero-order valence-corrected chi connectivity index (χ0v) is 11.9. The predicted octanol–water partition coefficient (Wildman–Crippen LogP) is 2.32. The van der Waals surface area contributed by atoms with Crippen molar-refractivity contribution >= 4 is 27.7 Å². The lowest BCUT2D eigenvalue weighted by Crippen LogP contribution is -2.33. The number of amides is 1. The van der Waals surface area contributed by atoms with Crippen LogP contribution in [-0.4, -0.2) is 17.4 Å². The quantitative estimate of drug-likeness (QED) is 0.896. The number of hydrogen-bond acceptors (Lipinski definition) is 3. The number of pyridine rings is 1. The van der Waals surface area contributed by atoms with Crippen LogP contribution in [0.4, 0.5) is 5.82 Å². The van der Waals surface area contributed by atoms with Gasteiger partial charge in [0.2, 0.25) is 5.91 Å². The molecule has 0 aliphatic rings. The largest absolute Gasteiger partial charge is 0.330 e. The van der Waals surface area contributed by atoms with Gasteiger partial charge in [0, 0.05) is 17.2 Å². The third-order valence-corrected chi connectivity index (χ3v) is 3.12. The van der Waals surface area contributed by atoms with Gasteiger partial charge in [0.25, 0.3) is 0 Å². The van der Waals surface area contributed by atoms with Crippen LogP contribution in [-0.2, 0) is 4.79 Å². The Balaban J connectivity index is 2.80. The summed E-state index contributed by atoms with van der Waals surface area (Å²) in [5, 5.41) is 2.82. The number of halogens is 1. The van der Waals surface area contributed by atoms with E-state index in [1.165, 1.54) is 0 Å². The van der Waals surface area contributed by atoms with Gasteiger partial charge in [-0.05, 0) is 40.4 Å². The minimum absolute atomic E-state index is 0.0691. The Kier molecular flexibility index (Phi) is 5.08. The summed E-state index contributed by atoms with van der Waals surface area (Å²) in [6.45, 7) is 6.22. The van der Waals surface area contributed by atoms with Crippen molar-refractivity contribution in [2.45, 2.75) is 20.8 Å². The lowest BCUT2D eigenvalue weighted by molar-refractivity contribution is -0.120. The number of hydrogen-bond donors (Lipinski definition) is 2. The smallest absolute Gasteiger partial charge is 0.230 e. The predicted molar refractivity (Wildman–Crippen MR) is 72.7 cm³/mol. The Labute approximate surface area is 110 Å². The molecular weight excluding hydrogens is 282 g/mol. The topological polar surface area (TPSA) is 68.0 Å². The highest BCUT2D eigenvalue weighted by atomic mass is 79.9. The van der Waals surface area contributed by atoms with Crippen LogP contribution < -0.4 is 11.1 Å². The SMILES string of the molecule is Cc1cc(Br)cnc1NC(=O)C(CN)C(C)C. The van der Waals surface area contributed by atoms with Crippen LogP contribution in [0.3, 0.4) is 0 Å². The molecule has 0 aromatic carbocycles. The van der Waals surface area contributed by atoms with Gasteiger partial charge < -0.3 is 11.1 Å². The molecule has 0 aliphatic heterocycles. The number of carbonyl (C=O) groups is 1. The van der Waals surface area contributed by atoms with Crippen LogP contribution in [0.5, 0.6) is 0 Å². The summed E-state index contributed by atoms with van der Waals surface area (Å²) in [6, 6.07) is 1.91. The van der Waals surface area contributed by atoms with Crippen molar-refractivity contribution in [3.63, 3.8) is 0 Å². The van der Waals surface area contributed by atoms with E-state index >= 15 is 0 Å². The third kappa shape index (κ3) is 3.78. The van der Waals surface area contributed by atoms with Crippen molar-refractivity contribution in [3.05, 3.63) is 22.3 Å². The Hall–Kier alpha value is -0.940. The lowest BCUT2D eigenvalue weighted by atomic mass is 9.95. The second-order valence-corrected chi connectivity index (χ2v) is 5.31. The highest BCUT2D eigenvalue weighted by Gasteiger charge is 2.21. The minimum atomic E-state index is -0.181. The molecule has 1 amide bonds. The molecule has 0 saturated carbocycles. The molecule has 5 heteroatoms. The van der Waals surface area contributed by atoms with Gasteiger partial charge in [-0.3, -0.25) is 4.79 Å². The molecule has 0 spiro atoms. The van der Waals surface area contributed by atoms with E-state index in [9.17, 15) is 4.79 Å². The number of aryl methyl sites for hydroxylation is 1. The summed E-state index contributed by atoms with van der Waals surface area (Å²) in [5.41, 5.74) is 6.53. The first-order chi connectivity index (χ1) is 7.95. The van der Waals surface area contributed by atoms with E-state index in [-0.39, 0.29) is 17.7 Å². The summed E-state index contributed by atoms with van der Waals surface area (Å²) >= 11 is 3.33. The van der Waals surface area contributed by atoms with Crippen molar-refractivity contribution in [2.75, 3.05) is 11.9 Å². The van der Waals surface area contributed by atoms with Crippen LogP contribution in [0, 0.1) is 18.8 Å². The Morgan fingerprint density at radius 3 is 2.71 bits per heavy atom. The molecule has 1 unspecified atom stereocenters. The first-order valence-electron chi connectivity index (χ1n) is 5.58. The third-order valence-electron chi connectivity index (χ3n) is 2.68. The molecule has 1 atom stereocenters. The molecule has 0 bridgehead atoms. The van der Waals surface area contributed by atoms with Gasteiger partial charge in [-0.15, -0.1) is 0 Å². The molecule has 0 radical (unpaired) electrons. The molecule has 1 aromatic rings. The van der Waals surface area contributed by atoms with Gasteiger partial charge in [0.15, 0.2) is 0 Å². The van der Waals surface area contributed by atoms with E-state index in [4.69, 9.17) is 5.73 Å². The van der Waals surface area contributed by atoms with Gasteiger partial charge in [-0.1, -0.05) is 13.8 Å². The molecule has 4 nitrogen and oxygen atoms in total. The fourth-order valence-corrected chi connectivity index (χ4v) is 2.01. The molecule has 1 heterocycles. The molecule has 17 heavy (non-hydrogen) atoms. The average molecular weight is 300 g/mol. The summed E-state index contributed by atoms with van der Waals surface area (Å²) < 4.78 is 0.896. The van der Waals surface area contributed by atoms with E-state index in [1.807, 2.05) is 26.8 Å². The van der Waals surface area contributed by atoms with Crippen molar-refractivity contribution in [1.82, 2.24) is 4.98 Å². The maximum absolute atomic E-state index is 12.0. The molecule has 1 rings (SSSR count). The van der Waals surface area contributed by atoms with Crippen LogP contribution in [0.2, 0.25) is 0 Å².